The highest BCUT2D eigenvalue weighted by Crippen LogP contribution is 2.23. The Kier molecular flexibility index (Phi) is 5.35. The van der Waals surface area contributed by atoms with Gasteiger partial charge in [-0.2, -0.15) is 0 Å². The minimum atomic E-state index is 0.285. The van der Waals surface area contributed by atoms with Gasteiger partial charge in [0, 0.05) is 49.9 Å². The number of hydrogen-bond donors (Lipinski definition) is 3. The van der Waals surface area contributed by atoms with Crippen molar-refractivity contribution in [2.24, 2.45) is 5.92 Å². The fourth-order valence-corrected chi connectivity index (χ4v) is 3.28. The average molecular weight is 349 g/mol. The molecule has 2 aromatic heterocycles. The van der Waals surface area contributed by atoms with Gasteiger partial charge < -0.3 is 9.73 Å². The molecule has 2 atom stereocenters. The van der Waals surface area contributed by atoms with Crippen LogP contribution in [0, 0.1) is 5.92 Å². The van der Waals surface area contributed by atoms with Crippen molar-refractivity contribution in [3.8, 4) is 11.5 Å². The zero-order valence-electron chi connectivity index (χ0n) is 14.6. The first-order chi connectivity index (χ1) is 12.9. The van der Waals surface area contributed by atoms with Crippen molar-refractivity contribution < 1.29 is 4.42 Å². The number of oxazole rings is 1. The Bertz CT molecular complexity index is 805. The molecule has 0 saturated carbocycles. The van der Waals surface area contributed by atoms with Crippen LogP contribution < -0.4 is 16.2 Å². The normalized spacial score (nSPS) is 19.7. The van der Waals surface area contributed by atoms with E-state index in [9.17, 15) is 0 Å². The molecule has 6 heteroatoms. The predicted molar refractivity (Wildman–Crippen MR) is 100 cm³/mol. The summed E-state index contributed by atoms with van der Waals surface area (Å²) in [5.41, 5.74) is 9.80. The van der Waals surface area contributed by atoms with E-state index >= 15 is 0 Å². The molecule has 0 aliphatic carbocycles. The van der Waals surface area contributed by atoms with Gasteiger partial charge in [-0.1, -0.05) is 24.3 Å². The molecule has 3 N–H and O–H groups in total. The van der Waals surface area contributed by atoms with Crippen molar-refractivity contribution in [3.63, 3.8) is 0 Å². The highest BCUT2D eigenvalue weighted by Gasteiger charge is 2.27. The number of pyridine rings is 1. The Labute approximate surface area is 153 Å². The molecule has 134 valence electrons. The summed E-state index contributed by atoms with van der Waals surface area (Å²) in [4.78, 5) is 8.79. The van der Waals surface area contributed by atoms with Gasteiger partial charge >= 0.3 is 0 Å². The van der Waals surface area contributed by atoms with E-state index in [1.807, 2.05) is 42.6 Å². The fourth-order valence-electron chi connectivity index (χ4n) is 3.28. The lowest BCUT2D eigenvalue weighted by Gasteiger charge is -2.18. The average Bonchev–Trinajstić information content (AvgIpc) is 3.36. The Balaban J connectivity index is 1.26. The molecule has 1 aliphatic heterocycles. The van der Waals surface area contributed by atoms with Gasteiger partial charge in [0.05, 0.1) is 11.7 Å². The molecule has 0 amide bonds. The monoisotopic (exact) mass is 349 g/mol. The number of nitrogens with one attached hydrogen (secondary N) is 3. The third-order valence-corrected chi connectivity index (χ3v) is 4.67. The molecule has 0 radical (unpaired) electrons. The summed E-state index contributed by atoms with van der Waals surface area (Å²) in [7, 11) is 0. The second-order valence-electron chi connectivity index (χ2n) is 6.51. The molecule has 1 aliphatic rings. The van der Waals surface area contributed by atoms with E-state index in [0.29, 0.717) is 11.8 Å². The lowest BCUT2D eigenvalue weighted by atomic mass is 9.96. The molecule has 2 unspecified atom stereocenters. The standard InChI is InChI=1S/C20H23N5O/c1-2-5-15(6-3-1)20-24-18(14-26-20)8-10-22-12-17-13-23-25-19(17)16-7-4-9-21-11-16/h1-7,9,11,14,17,19,22-23,25H,8,10,12-13H2. The quantitative estimate of drug-likeness (QED) is 0.569. The van der Waals surface area contributed by atoms with E-state index in [2.05, 4.69) is 32.2 Å². The zero-order valence-corrected chi connectivity index (χ0v) is 14.6. The summed E-state index contributed by atoms with van der Waals surface area (Å²) >= 11 is 0. The second kappa shape index (κ2) is 8.23. The number of hydrazine groups is 1. The van der Waals surface area contributed by atoms with Crippen LogP contribution in [-0.4, -0.2) is 29.6 Å². The van der Waals surface area contributed by atoms with Gasteiger partial charge in [-0.3, -0.25) is 10.4 Å². The fraction of sp³-hybridized carbons (Fsp3) is 0.300. The van der Waals surface area contributed by atoms with Crippen LogP contribution >= 0.6 is 0 Å². The van der Waals surface area contributed by atoms with Gasteiger partial charge in [0.15, 0.2) is 0 Å². The molecule has 3 heterocycles. The number of benzene rings is 1. The summed E-state index contributed by atoms with van der Waals surface area (Å²) < 4.78 is 5.59. The van der Waals surface area contributed by atoms with Gasteiger partial charge in [-0.25, -0.2) is 10.4 Å². The van der Waals surface area contributed by atoms with E-state index in [4.69, 9.17) is 4.42 Å². The first-order valence-corrected chi connectivity index (χ1v) is 8.99. The zero-order chi connectivity index (χ0) is 17.6. The van der Waals surface area contributed by atoms with Crippen molar-refractivity contribution >= 4 is 0 Å². The number of nitrogens with zero attached hydrogens (tertiary/aromatic N) is 2. The predicted octanol–water partition coefficient (Wildman–Crippen LogP) is 2.33. The minimum Gasteiger partial charge on any atom is -0.444 e. The highest BCUT2D eigenvalue weighted by molar-refractivity contribution is 5.52. The Hall–Kier alpha value is -2.54. The maximum Gasteiger partial charge on any atom is 0.226 e. The van der Waals surface area contributed by atoms with E-state index < -0.39 is 0 Å². The van der Waals surface area contributed by atoms with Gasteiger partial charge in [0.2, 0.25) is 5.89 Å². The van der Waals surface area contributed by atoms with Gasteiger partial charge in [-0.05, 0) is 23.8 Å². The molecule has 26 heavy (non-hydrogen) atoms. The number of rotatable bonds is 7. The van der Waals surface area contributed by atoms with Crippen molar-refractivity contribution in [2.75, 3.05) is 19.6 Å². The first-order valence-electron chi connectivity index (χ1n) is 8.99. The molecule has 1 aromatic carbocycles. The Morgan fingerprint density at radius 2 is 2.08 bits per heavy atom. The topological polar surface area (TPSA) is 75.0 Å². The Morgan fingerprint density at radius 3 is 2.92 bits per heavy atom. The van der Waals surface area contributed by atoms with Crippen molar-refractivity contribution in [1.82, 2.24) is 26.1 Å². The molecular weight excluding hydrogens is 326 g/mol. The van der Waals surface area contributed by atoms with E-state index in [-0.39, 0.29) is 6.04 Å². The van der Waals surface area contributed by atoms with Crippen molar-refractivity contribution in [3.05, 3.63) is 72.4 Å². The lowest BCUT2D eigenvalue weighted by molar-refractivity contribution is 0.442. The van der Waals surface area contributed by atoms with E-state index in [1.165, 1.54) is 5.56 Å². The summed E-state index contributed by atoms with van der Waals surface area (Å²) in [5, 5.41) is 3.54. The van der Waals surface area contributed by atoms with Crippen LogP contribution in [-0.2, 0) is 6.42 Å². The minimum absolute atomic E-state index is 0.285. The first kappa shape index (κ1) is 16.9. The molecule has 1 saturated heterocycles. The van der Waals surface area contributed by atoms with Crippen LogP contribution in [0.1, 0.15) is 17.3 Å². The largest absolute Gasteiger partial charge is 0.444 e. The molecule has 1 fully saturated rings. The van der Waals surface area contributed by atoms with Crippen LogP contribution in [0.25, 0.3) is 11.5 Å². The SMILES string of the molecule is c1ccc(-c2nc(CCNCC3CNNC3c3cccnc3)co2)cc1. The van der Waals surface area contributed by atoms with Gasteiger partial charge in [0.1, 0.15) is 6.26 Å². The molecule has 3 aromatic rings. The second-order valence-corrected chi connectivity index (χ2v) is 6.51. The van der Waals surface area contributed by atoms with Crippen LogP contribution in [0.5, 0.6) is 0 Å². The third-order valence-electron chi connectivity index (χ3n) is 4.67. The molecule has 0 spiro atoms. The van der Waals surface area contributed by atoms with Crippen LogP contribution in [0.15, 0.2) is 65.5 Å². The molecule has 0 bridgehead atoms. The summed E-state index contributed by atoms with van der Waals surface area (Å²) in [6.07, 6.45) is 6.33. The highest BCUT2D eigenvalue weighted by atomic mass is 16.3. The number of hydrogen-bond acceptors (Lipinski definition) is 6. The van der Waals surface area contributed by atoms with Crippen LogP contribution in [0.3, 0.4) is 0 Å². The summed E-state index contributed by atoms with van der Waals surface area (Å²) in [6, 6.07) is 14.4. The van der Waals surface area contributed by atoms with Crippen molar-refractivity contribution in [2.45, 2.75) is 12.5 Å². The molecular formula is C20H23N5O. The Morgan fingerprint density at radius 1 is 1.15 bits per heavy atom. The third kappa shape index (κ3) is 3.99. The van der Waals surface area contributed by atoms with Crippen LogP contribution in [0.4, 0.5) is 0 Å². The molecule has 6 nitrogen and oxygen atoms in total. The van der Waals surface area contributed by atoms with Crippen molar-refractivity contribution in [1.29, 1.82) is 0 Å². The summed E-state index contributed by atoms with van der Waals surface area (Å²) in [5.74, 6) is 1.16. The smallest absolute Gasteiger partial charge is 0.226 e. The summed E-state index contributed by atoms with van der Waals surface area (Å²) in [6.45, 7) is 2.74. The maximum atomic E-state index is 5.59. The van der Waals surface area contributed by atoms with Gasteiger partial charge in [0.25, 0.3) is 0 Å². The molecule has 4 rings (SSSR count). The van der Waals surface area contributed by atoms with Gasteiger partial charge in [-0.15, -0.1) is 0 Å². The lowest BCUT2D eigenvalue weighted by Crippen LogP contribution is -2.30. The number of aromatic nitrogens is 2. The van der Waals surface area contributed by atoms with E-state index in [1.54, 1.807) is 12.5 Å². The maximum absolute atomic E-state index is 5.59. The van der Waals surface area contributed by atoms with Crippen LogP contribution in [0.2, 0.25) is 0 Å². The van der Waals surface area contributed by atoms with E-state index in [0.717, 1.165) is 37.3 Å².